The van der Waals surface area contributed by atoms with Crippen molar-refractivity contribution < 1.29 is 77.4 Å². The minimum absolute atomic E-state index is 0.0216. The molecule has 32 nitrogen and oxygen atoms in total. The number of Topliss-reactive ketones (excluding diaryl/α,β-unsaturated/α-hetero) is 1. The minimum Gasteiger partial charge on any atom is -0.476 e. The number of nitrogens with zero attached hydrogens (tertiary/aromatic N) is 6. The first-order valence-corrected chi connectivity index (χ1v) is 36.1. The molecule has 0 aliphatic rings. The Bertz CT molecular complexity index is 4790. The predicted molar refractivity (Wildman–Crippen MR) is 379 cm³/mol. The molecule has 102 heavy (non-hydrogen) atoms. The summed E-state index contributed by atoms with van der Waals surface area (Å²) in [5.41, 5.74) is 22.1. The van der Waals surface area contributed by atoms with Crippen LogP contribution in [-0.4, -0.2) is 103 Å². The summed E-state index contributed by atoms with van der Waals surface area (Å²) in [6.45, 7) is 17.0. The largest absolute Gasteiger partial charge is 0.476 e. The van der Waals surface area contributed by atoms with Gasteiger partial charge in [0.1, 0.15) is 5.69 Å². The number of carbonyl (C=O) groups is 6. The van der Waals surface area contributed by atoms with Gasteiger partial charge < -0.3 is 22.3 Å². The van der Waals surface area contributed by atoms with Crippen molar-refractivity contribution in [2.75, 3.05) is 17.2 Å². The predicted octanol–water partition coefficient (Wildman–Crippen LogP) is 8.09. The SMILES string of the molecule is CC(C)C(=O)Cl.CC(C)C(=O)NS(=O)(=O)c1ccc(N)cc1.CC(C)C(=O)NS(=O)(=O)c1ccc([N+](=O)[O-])cc1.Cc1ccc(-c2cnc(N)c(C(=O)Cc3ccc(S(=O)(=O)NC(=O)C(C)C)cc3)n2)cc1.Cc1ccc(-c2cnc(N)c(C(=O)O)n2)cc1.NS(=O)(=O)c1ccc([N+](=O)[O-])cc1. The molecule has 0 spiro atoms. The number of aromatic carboxylic acids is 1. The lowest BCUT2D eigenvalue weighted by molar-refractivity contribution is -0.385. The van der Waals surface area contributed by atoms with Gasteiger partial charge in [-0.3, -0.25) is 44.2 Å². The number of primary sulfonamides is 1. The van der Waals surface area contributed by atoms with Gasteiger partial charge in [-0.05, 0) is 91.7 Å². The molecule has 0 atom stereocenters. The number of anilines is 3. The second kappa shape index (κ2) is 37.9. The van der Waals surface area contributed by atoms with Crippen LogP contribution in [0.2, 0.25) is 0 Å². The third-order valence-corrected chi connectivity index (χ3v) is 18.5. The van der Waals surface area contributed by atoms with E-state index < -0.39 is 85.5 Å². The molecule has 544 valence electrons. The van der Waals surface area contributed by atoms with E-state index in [0.29, 0.717) is 22.6 Å². The Balaban J connectivity index is 0.000000337. The highest BCUT2D eigenvalue weighted by Crippen LogP contribution is 2.23. The first kappa shape index (κ1) is 85.2. The van der Waals surface area contributed by atoms with Gasteiger partial charge in [-0.1, -0.05) is 127 Å². The second-order valence-electron chi connectivity index (χ2n) is 22.7. The molecule has 2 aromatic heterocycles. The summed E-state index contributed by atoms with van der Waals surface area (Å²) in [5.74, 6) is -4.67. The number of benzene rings is 6. The number of nitrogen functional groups attached to an aromatic ring is 3. The van der Waals surface area contributed by atoms with Crippen LogP contribution < -0.4 is 36.5 Å². The molecule has 6 aromatic carbocycles. The van der Waals surface area contributed by atoms with Crippen molar-refractivity contribution in [3.8, 4) is 22.5 Å². The molecule has 0 saturated carbocycles. The Morgan fingerprint density at radius 2 is 0.765 bits per heavy atom. The quantitative estimate of drug-likeness (QED) is 0.0125. The first-order chi connectivity index (χ1) is 47.3. The van der Waals surface area contributed by atoms with Crippen molar-refractivity contribution in [1.29, 1.82) is 0 Å². The fourth-order valence-corrected chi connectivity index (χ4v) is 10.9. The third kappa shape index (κ3) is 27.6. The van der Waals surface area contributed by atoms with E-state index in [1.165, 1.54) is 60.9 Å². The van der Waals surface area contributed by atoms with Crippen molar-refractivity contribution in [2.24, 2.45) is 28.8 Å². The van der Waals surface area contributed by atoms with Crippen LogP contribution in [0.4, 0.5) is 28.7 Å². The minimum atomic E-state index is -3.97. The number of carboxylic acids is 1. The molecule has 2 heterocycles. The molecule has 0 unspecified atom stereocenters. The lowest BCUT2D eigenvalue weighted by Gasteiger charge is -2.10. The molecule has 8 rings (SSSR count). The van der Waals surface area contributed by atoms with E-state index in [0.717, 1.165) is 70.8 Å². The standard InChI is InChI=1S/C23H24N4O4S.C12H11N3O2.C10H12N2O5S.C10H14N2O3S.C6H6N2O4S.C4H7ClO/c1-14(2)23(29)27-32(30,31)18-10-6-16(7-11-18)12-20(28)21-22(24)25-13-19(26-21)17-8-4-15(3)5-9-17;1-7-2-4-8(5-3-7)9-6-14-11(13)10(15-9)12(16)17;1-7(2)10(13)11-18(16,17)9-5-3-8(4-6-9)12(14)15;1-7(2)10(13)12-16(14,15)9-5-3-8(11)4-6-9;7-13(11,12)6-3-1-5(2-4-6)8(9)10;1-3(2)4(5)6/h4-11,13-14H,12H2,1-3H3,(H2,24,25)(H,27,29);2-6H,1H3,(H2,13,14)(H,16,17);3-7H,1-2H3,(H,11,13);3-7H,11H2,1-2H3,(H,12,13);1-4H,(H2,7,11,12);3H,1-2H3. The van der Waals surface area contributed by atoms with Gasteiger partial charge in [0.25, 0.3) is 41.4 Å². The van der Waals surface area contributed by atoms with Gasteiger partial charge in [0.15, 0.2) is 23.1 Å². The maximum atomic E-state index is 12.8. The fourth-order valence-electron chi connectivity index (χ4n) is 7.02. The van der Waals surface area contributed by atoms with E-state index in [9.17, 15) is 82.7 Å². The molecular weight excluding hydrogens is 1430 g/mol. The monoisotopic (exact) mass is 1500 g/mol. The number of hydrogen-bond acceptors (Lipinski definition) is 25. The number of nitro groups is 2. The van der Waals surface area contributed by atoms with Gasteiger partial charge in [0, 0.05) is 71.2 Å². The number of hydrogen-bond donors (Lipinski definition) is 8. The summed E-state index contributed by atoms with van der Waals surface area (Å²) in [4.78, 5) is 103. The average Bonchev–Trinajstić information content (AvgIpc) is 0.848. The zero-order valence-electron chi connectivity index (χ0n) is 56.3. The van der Waals surface area contributed by atoms with E-state index in [-0.39, 0.29) is 83.3 Å². The smallest absolute Gasteiger partial charge is 0.358 e. The topological polar surface area (TPSA) is 537 Å². The number of nitro benzene ring substituents is 2. The highest BCUT2D eigenvalue weighted by atomic mass is 35.5. The van der Waals surface area contributed by atoms with Crippen LogP contribution >= 0.6 is 11.6 Å². The zero-order valence-corrected chi connectivity index (χ0v) is 60.3. The Morgan fingerprint density at radius 1 is 0.471 bits per heavy atom. The normalized spacial score (nSPS) is 11.0. The Morgan fingerprint density at radius 3 is 1.06 bits per heavy atom. The maximum absolute atomic E-state index is 12.8. The van der Waals surface area contributed by atoms with E-state index in [1.54, 1.807) is 55.4 Å². The van der Waals surface area contributed by atoms with Gasteiger partial charge in [0.2, 0.25) is 33.0 Å². The zero-order chi connectivity index (χ0) is 77.4. The number of amides is 3. The number of ketones is 1. The van der Waals surface area contributed by atoms with Crippen LogP contribution in [0.3, 0.4) is 0 Å². The summed E-state index contributed by atoms with van der Waals surface area (Å²) >= 11 is 4.97. The molecule has 37 heteroatoms. The van der Waals surface area contributed by atoms with Gasteiger partial charge in [-0.15, -0.1) is 0 Å². The fraction of sp³-hybridized carbons (Fsp3) is 0.231. The molecule has 0 fully saturated rings. The van der Waals surface area contributed by atoms with Crippen LogP contribution in [0.1, 0.15) is 93.1 Å². The van der Waals surface area contributed by atoms with Gasteiger partial charge >= 0.3 is 5.97 Å². The van der Waals surface area contributed by atoms with Crippen molar-refractivity contribution in [3.63, 3.8) is 0 Å². The number of rotatable bonds is 19. The number of halogens is 1. The molecule has 3 amide bonds. The van der Waals surface area contributed by atoms with E-state index >= 15 is 0 Å². The van der Waals surface area contributed by atoms with Crippen molar-refractivity contribution in [3.05, 3.63) is 206 Å². The number of nitrogens with one attached hydrogen (secondary N) is 3. The number of sulfonamides is 4. The second-order valence-corrected chi connectivity index (χ2v) is 29.7. The van der Waals surface area contributed by atoms with Crippen molar-refractivity contribution >= 4 is 115 Å². The van der Waals surface area contributed by atoms with Gasteiger partial charge in [0.05, 0.1) is 53.2 Å². The van der Waals surface area contributed by atoms with E-state index in [2.05, 4.69) is 19.9 Å². The van der Waals surface area contributed by atoms with Crippen LogP contribution in [0.25, 0.3) is 22.5 Å². The van der Waals surface area contributed by atoms with Crippen LogP contribution in [0, 0.1) is 57.7 Å². The molecule has 0 aliphatic heterocycles. The van der Waals surface area contributed by atoms with Gasteiger partial charge in [-0.25, -0.2) is 77.7 Å². The highest BCUT2D eigenvalue weighted by Gasteiger charge is 2.24. The summed E-state index contributed by atoms with van der Waals surface area (Å²) in [6, 6.07) is 35.2. The lowest BCUT2D eigenvalue weighted by atomic mass is 10.1. The lowest BCUT2D eigenvalue weighted by Crippen LogP contribution is -2.33. The number of carbonyl (C=O) groups excluding carboxylic acids is 5. The number of nitrogens with two attached hydrogens (primary N) is 4. The van der Waals surface area contributed by atoms with Crippen LogP contribution in [0.15, 0.2) is 178 Å². The van der Waals surface area contributed by atoms with E-state index in [4.69, 9.17) is 39.0 Å². The molecule has 8 aromatic rings. The average molecular weight is 1510 g/mol. The number of non-ortho nitro benzene ring substituents is 2. The number of carboxylic acid groups (broad SMARTS) is 1. The van der Waals surface area contributed by atoms with Crippen molar-refractivity contribution in [1.82, 2.24) is 34.1 Å². The molecule has 0 radical (unpaired) electrons. The Kier molecular flexibility index (Phi) is 31.7. The molecule has 0 saturated heterocycles. The summed E-state index contributed by atoms with van der Waals surface area (Å²) in [7, 11) is -15.5. The summed E-state index contributed by atoms with van der Waals surface area (Å²) < 4.78 is 98.8. The van der Waals surface area contributed by atoms with Crippen LogP contribution in [-0.2, 0) is 65.7 Å². The highest BCUT2D eigenvalue weighted by molar-refractivity contribution is 7.90. The van der Waals surface area contributed by atoms with Crippen molar-refractivity contribution in [2.45, 2.75) is 95.2 Å². The molecule has 0 aliphatic carbocycles. The summed E-state index contributed by atoms with van der Waals surface area (Å²) in [6.07, 6.45) is 2.95. The Labute approximate surface area is 593 Å². The van der Waals surface area contributed by atoms with Gasteiger partial charge in [-0.2, -0.15) is 0 Å². The number of aromatic nitrogens is 4. The van der Waals surface area contributed by atoms with E-state index in [1.807, 2.05) is 76.5 Å². The maximum Gasteiger partial charge on any atom is 0.358 e. The van der Waals surface area contributed by atoms with Crippen LogP contribution in [0.5, 0.6) is 0 Å². The number of aryl methyl sites for hydroxylation is 2. The summed E-state index contributed by atoms with van der Waals surface area (Å²) in [5, 5.41) is 34.0. The third-order valence-electron chi connectivity index (χ3n) is 13.0. The first-order valence-electron chi connectivity index (χ1n) is 29.8. The molecule has 12 N–H and O–H groups in total. The Hall–Kier alpha value is -11.1. The molecular formula is C65H74ClN13O19S4. The molecule has 0 bridgehead atoms.